The molecule has 0 spiro atoms. The molecule has 0 N–H and O–H groups in total. The number of para-hydroxylation sites is 4. The third-order valence-corrected chi connectivity index (χ3v) is 14.7. The fourth-order valence-electron chi connectivity index (χ4n) is 7.19. The summed E-state index contributed by atoms with van der Waals surface area (Å²) in [5, 5.41) is 11.7. The highest BCUT2D eigenvalue weighted by Crippen LogP contribution is 2.38. The van der Waals surface area contributed by atoms with Crippen molar-refractivity contribution in [3.8, 4) is 0 Å². The van der Waals surface area contributed by atoms with Crippen molar-refractivity contribution < 1.29 is 8.78 Å². The summed E-state index contributed by atoms with van der Waals surface area (Å²) in [6.45, 7) is 0. The van der Waals surface area contributed by atoms with Gasteiger partial charge in [-0.05, 0) is 61.3 Å². The summed E-state index contributed by atoms with van der Waals surface area (Å²) < 4.78 is 26.9. The van der Waals surface area contributed by atoms with Crippen molar-refractivity contribution in [2.75, 3.05) is 0 Å². The van der Waals surface area contributed by atoms with Gasteiger partial charge in [-0.15, -0.1) is 0 Å². The van der Waals surface area contributed by atoms with E-state index in [1.807, 2.05) is 0 Å². The normalized spacial score (nSPS) is 11.4. The van der Waals surface area contributed by atoms with Gasteiger partial charge in [-0.1, -0.05) is 182 Å². The molecule has 0 aliphatic heterocycles. The highest BCUT2D eigenvalue weighted by Gasteiger charge is 2.23. The van der Waals surface area contributed by atoms with Crippen LogP contribution in [0.3, 0.4) is 0 Å². The average Bonchev–Trinajstić information content (AvgIpc) is 3.25. The Bertz CT molecular complexity index is 2670. The van der Waals surface area contributed by atoms with E-state index in [-0.39, 0.29) is 11.0 Å². The lowest BCUT2D eigenvalue weighted by Crippen LogP contribution is -2.23. The smallest absolute Gasteiger partial charge is 0.149 e. The number of hydrogen-bond donors (Lipinski definition) is 0. The summed E-state index contributed by atoms with van der Waals surface area (Å²) in [5.41, 5.74) is 2.61. The lowest BCUT2D eigenvalue weighted by molar-refractivity contribution is 0.632. The number of fused-ring (bicyclic) bond motifs is 4. The van der Waals surface area contributed by atoms with Crippen LogP contribution in [-0.4, -0.2) is 9.97 Å². The number of hydrogen-bond acceptors (Lipinski definition) is 2. The number of halogens is 2. The summed E-state index contributed by atoms with van der Waals surface area (Å²) in [6.07, 6.45) is 0. The van der Waals surface area contributed by atoms with Gasteiger partial charge in [0.05, 0.1) is 11.0 Å². The van der Waals surface area contributed by atoms with Crippen molar-refractivity contribution in [3.05, 3.63) is 218 Å². The highest BCUT2D eigenvalue weighted by molar-refractivity contribution is 7.80. The Kier molecular flexibility index (Phi) is 10.1. The summed E-state index contributed by atoms with van der Waals surface area (Å²) in [5.74, 6) is -0.856. The quantitative estimate of drug-likeness (QED) is 0.125. The van der Waals surface area contributed by atoms with Crippen LogP contribution in [-0.2, 0) is 0 Å². The maximum absolute atomic E-state index is 13.5. The molecule has 2 nitrogen and oxygen atoms in total. The Hall–Kier alpha value is -6.18. The average molecular weight is 763 g/mol. The number of nitrogens with zero attached hydrogens (tertiary/aromatic N) is 2. The highest BCUT2D eigenvalue weighted by atomic mass is 31.1. The van der Waals surface area contributed by atoms with Crippen molar-refractivity contribution >= 4 is 91.3 Å². The van der Waals surface area contributed by atoms with Gasteiger partial charge in [0, 0.05) is 32.2 Å². The van der Waals surface area contributed by atoms with Gasteiger partial charge in [0.1, 0.15) is 22.7 Å². The van der Waals surface area contributed by atoms with Crippen LogP contribution < -0.4 is 31.8 Å². The van der Waals surface area contributed by atoms with E-state index in [1.54, 1.807) is 30.3 Å². The molecule has 56 heavy (non-hydrogen) atoms. The first-order valence-corrected chi connectivity index (χ1v) is 21.1. The van der Waals surface area contributed by atoms with Gasteiger partial charge < -0.3 is 0 Å². The van der Waals surface area contributed by atoms with Gasteiger partial charge in [-0.25, -0.2) is 18.7 Å². The van der Waals surface area contributed by atoms with Gasteiger partial charge in [0.25, 0.3) is 0 Å². The molecule has 0 fully saturated rings. The summed E-state index contributed by atoms with van der Waals surface area (Å²) in [7, 11) is -1.54. The molecule has 0 amide bonds. The molecule has 10 aromatic rings. The van der Waals surface area contributed by atoms with Gasteiger partial charge in [-0.3, -0.25) is 0 Å². The molecule has 0 aliphatic carbocycles. The SMILES string of the molecule is Fc1cccc2cc3cccc(F)c3nc12.c1ccc(P(c2ccccc2)c2cccc3cc4cccc(P(c5ccccc5)c5ccccc5)c4nc23)cc1. The molecule has 8 aromatic carbocycles. The number of pyridine rings is 2. The molecule has 268 valence electrons. The van der Waals surface area contributed by atoms with E-state index in [0.29, 0.717) is 10.8 Å². The molecule has 6 heteroatoms. The van der Waals surface area contributed by atoms with Crippen LogP contribution in [0, 0.1) is 11.6 Å². The molecule has 0 saturated heterocycles. The molecular weight excluding hydrogens is 729 g/mol. The van der Waals surface area contributed by atoms with Gasteiger partial charge >= 0.3 is 0 Å². The maximum Gasteiger partial charge on any atom is 0.149 e. The molecule has 10 rings (SSSR count). The third-order valence-electron chi connectivity index (χ3n) is 9.74. The summed E-state index contributed by atoms with van der Waals surface area (Å²) in [6, 6.07) is 70.4. The first-order valence-electron chi connectivity index (χ1n) is 18.4. The number of aromatic nitrogens is 2. The summed E-state index contributed by atoms with van der Waals surface area (Å²) >= 11 is 0. The van der Waals surface area contributed by atoms with E-state index in [2.05, 4.69) is 169 Å². The van der Waals surface area contributed by atoms with Crippen LogP contribution in [0.15, 0.2) is 206 Å². The Morgan fingerprint density at radius 3 is 0.911 bits per heavy atom. The van der Waals surface area contributed by atoms with Crippen molar-refractivity contribution in [2.45, 2.75) is 0 Å². The molecular formula is C50H34F2N2P2. The van der Waals surface area contributed by atoms with Gasteiger partial charge in [-0.2, -0.15) is 0 Å². The lowest BCUT2D eigenvalue weighted by Gasteiger charge is -2.23. The molecule has 0 atom stereocenters. The van der Waals surface area contributed by atoms with Crippen molar-refractivity contribution in [2.24, 2.45) is 0 Å². The molecule has 0 saturated carbocycles. The van der Waals surface area contributed by atoms with Crippen LogP contribution in [0.25, 0.3) is 43.6 Å². The number of benzene rings is 8. The topological polar surface area (TPSA) is 25.8 Å². The fourth-order valence-corrected chi connectivity index (χ4v) is 12.0. The van der Waals surface area contributed by atoms with Crippen LogP contribution in [0.4, 0.5) is 8.78 Å². The minimum atomic E-state index is -0.771. The third kappa shape index (κ3) is 7.06. The molecule has 0 radical (unpaired) electrons. The Morgan fingerprint density at radius 2 is 0.571 bits per heavy atom. The van der Waals surface area contributed by atoms with E-state index in [1.165, 1.54) is 54.7 Å². The van der Waals surface area contributed by atoms with E-state index < -0.39 is 27.5 Å². The van der Waals surface area contributed by atoms with Crippen LogP contribution in [0.5, 0.6) is 0 Å². The molecule has 2 heterocycles. The maximum atomic E-state index is 13.5. The fraction of sp³-hybridized carbons (Fsp3) is 0. The zero-order valence-corrected chi connectivity index (χ0v) is 32.0. The largest absolute Gasteiger partial charge is 0.246 e. The monoisotopic (exact) mass is 762 g/mol. The zero-order valence-electron chi connectivity index (χ0n) is 30.2. The molecule has 0 bridgehead atoms. The number of rotatable bonds is 6. The van der Waals surface area contributed by atoms with E-state index in [4.69, 9.17) is 4.98 Å². The lowest BCUT2D eigenvalue weighted by atomic mass is 10.1. The van der Waals surface area contributed by atoms with Crippen molar-refractivity contribution in [1.29, 1.82) is 0 Å². The second-order valence-electron chi connectivity index (χ2n) is 13.3. The van der Waals surface area contributed by atoms with Gasteiger partial charge in [0.15, 0.2) is 0 Å². The predicted molar refractivity (Wildman–Crippen MR) is 236 cm³/mol. The second-order valence-corrected chi connectivity index (χ2v) is 17.7. The van der Waals surface area contributed by atoms with Crippen molar-refractivity contribution in [1.82, 2.24) is 9.97 Å². The second kappa shape index (κ2) is 15.9. The molecule has 0 aliphatic rings. The van der Waals surface area contributed by atoms with E-state index in [0.717, 1.165) is 11.0 Å². The molecule has 2 aromatic heterocycles. The minimum absolute atomic E-state index is 0.208. The minimum Gasteiger partial charge on any atom is -0.246 e. The summed E-state index contributed by atoms with van der Waals surface area (Å²) in [4.78, 5) is 9.58. The van der Waals surface area contributed by atoms with Crippen LogP contribution in [0.2, 0.25) is 0 Å². The Balaban J connectivity index is 0.000000213. The van der Waals surface area contributed by atoms with E-state index >= 15 is 0 Å². The zero-order chi connectivity index (χ0) is 37.8. The first-order chi connectivity index (χ1) is 27.6. The van der Waals surface area contributed by atoms with Gasteiger partial charge in [0.2, 0.25) is 0 Å². The Labute approximate surface area is 326 Å². The van der Waals surface area contributed by atoms with Crippen LogP contribution in [0.1, 0.15) is 0 Å². The first kappa shape index (κ1) is 35.5. The van der Waals surface area contributed by atoms with Crippen molar-refractivity contribution in [3.63, 3.8) is 0 Å². The van der Waals surface area contributed by atoms with Crippen LogP contribution >= 0.6 is 15.8 Å². The predicted octanol–water partition coefficient (Wildman–Crippen LogP) is 10.6. The van der Waals surface area contributed by atoms with E-state index in [9.17, 15) is 8.78 Å². The molecule has 0 unspecified atom stereocenters. The Morgan fingerprint density at radius 1 is 0.286 bits per heavy atom. The standard InChI is InChI=1S/C37H27NP2.C13H7F2N/c1-5-17-30(18-6-1)39(31-19-7-2-8-20-31)34-25-13-15-28-27-29-16-14-26-35(37(29)38-36(28)34)40(32-21-9-3-10-22-32)33-23-11-4-12-24-33;14-10-5-1-3-8-7-9-4-2-6-11(15)13(9)16-12(8)10/h1-27H;1-7H.